The number of para-hydroxylation sites is 1. The molecule has 0 saturated heterocycles. The molecule has 151 valence electrons. The summed E-state index contributed by atoms with van der Waals surface area (Å²) in [5, 5.41) is 2.37. The van der Waals surface area contributed by atoms with Gasteiger partial charge < -0.3 is 9.13 Å². The summed E-state index contributed by atoms with van der Waals surface area (Å²) in [5.41, 5.74) is 6.82. The zero-order valence-electron chi connectivity index (χ0n) is 17.3. The van der Waals surface area contributed by atoms with E-state index >= 15 is 0 Å². The maximum Gasteiger partial charge on any atom is 0.0991 e. The van der Waals surface area contributed by atoms with E-state index in [1.165, 1.54) is 10.9 Å². The second-order valence-corrected chi connectivity index (χ2v) is 7.65. The van der Waals surface area contributed by atoms with Gasteiger partial charge in [-0.15, -0.1) is 0 Å². The molecule has 6 rings (SSSR count). The van der Waals surface area contributed by atoms with E-state index in [2.05, 4.69) is 99.5 Å². The lowest BCUT2D eigenvalue weighted by Gasteiger charge is -2.16. The summed E-state index contributed by atoms with van der Waals surface area (Å²) in [6.07, 6.45) is 11.2. The standard InChI is InChI=1S/C28H19N4/c1-2-13-27(32-17-15-30-20-32)25(10-1)26-12-5-7-21-6-4-11-24(28(21)26)22-8-3-9-23(18-22)31-16-14-29-19-31/h1-4,6-20H. The van der Waals surface area contributed by atoms with Gasteiger partial charge in [-0.05, 0) is 63.9 Å². The lowest BCUT2D eigenvalue weighted by atomic mass is 9.90. The molecule has 0 N–H and O–H groups in total. The van der Waals surface area contributed by atoms with Gasteiger partial charge in [0.2, 0.25) is 0 Å². The minimum absolute atomic E-state index is 1.08. The lowest BCUT2D eigenvalue weighted by Crippen LogP contribution is -1.95. The van der Waals surface area contributed by atoms with Gasteiger partial charge in [-0.1, -0.05) is 48.5 Å². The van der Waals surface area contributed by atoms with Crippen molar-refractivity contribution in [1.82, 2.24) is 19.1 Å². The molecule has 0 saturated carbocycles. The minimum atomic E-state index is 1.08. The third-order valence-electron chi connectivity index (χ3n) is 5.77. The number of nitrogens with zero attached hydrogens (tertiary/aromatic N) is 4. The highest BCUT2D eigenvalue weighted by molar-refractivity contribution is 6.07. The van der Waals surface area contributed by atoms with Crippen LogP contribution >= 0.6 is 0 Å². The van der Waals surface area contributed by atoms with Crippen LogP contribution in [0.4, 0.5) is 0 Å². The molecule has 1 radical (unpaired) electrons. The van der Waals surface area contributed by atoms with Crippen LogP contribution in [0.15, 0.2) is 116 Å². The molecule has 0 fully saturated rings. The Morgan fingerprint density at radius 2 is 1.44 bits per heavy atom. The predicted molar refractivity (Wildman–Crippen MR) is 128 cm³/mol. The smallest absolute Gasteiger partial charge is 0.0991 e. The van der Waals surface area contributed by atoms with Crippen molar-refractivity contribution in [2.75, 3.05) is 0 Å². The van der Waals surface area contributed by atoms with Crippen molar-refractivity contribution in [1.29, 1.82) is 0 Å². The first-order valence-electron chi connectivity index (χ1n) is 10.5. The topological polar surface area (TPSA) is 35.6 Å². The fourth-order valence-electron chi connectivity index (χ4n) is 4.31. The summed E-state index contributed by atoms with van der Waals surface area (Å²) in [5.74, 6) is 0. The van der Waals surface area contributed by atoms with Crippen LogP contribution in [-0.2, 0) is 0 Å². The Balaban J connectivity index is 1.61. The van der Waals surface area contributed by atoms with Crippen molar-refractivity contribution in [3.8, 4) is 33.6 Å². The van der Waals surface area contributed by atoms with Crippen molar-refractivity contribution in [3.05, 3.63) is 122 Å². The molecule has 2 aromatic heterocycles. The fourth-order valence-corrected chi connectivity index (χ4v) is 4.31. The highest BCUT2D eigenvalue weighted by Crippen LogP contribution is 2.38. The van der Waals surface area contributed by atoms with Crippen LogP contribution in [0.5, 0.6) is 0 Å². The van der Waals surface area contributed by atoms with Gasteiger partial charge >= 0.3 is 0 Å². The molecule has 0 aliphatic carbocycles. The van der Waals surface area contributed by atoms with E-state index in [1.807, 2.05) is 29.6 Å². The van der Waals surface area contributed by atoms with Crippen LogP contribution in [0.25, 0.3) is 44.4 Å². The van der Waals surface area contributed by atoms with Gasteiger partial charge in [0.1, 0.15) is 0 Å². The first-order valence-corrected chi connectivity index (χ1v) is 10.5. The van der Waals surface area contributed by atoms with Gasteiger partial charge in [0.05, 0.1) is 18.3 Å². The summed E-state index contributed by atoms with van der Waals surface area (Å²) >= 11 is 0. The van der Waals surface area contributed by atoms with Gasteiger partial charge in [0.15, 0.2) is 0 Å². The summed E-state index contributed by atoms with van der Waals surface area (Å²) in [6, 6.07) is 30.9. The van der Waals surface area contributed by atoms with Crippen molar-refractivity contribution in [2.45, 2.75) is 0 Å². The van der Waals surface area contributed by atoms with Gasteiger partial charge in [-0.2, -0.15) is 0 Å². The summed E-state index contributed by atoms with van der Waals surface area (Å²) in [4.78, 5) is 8.43. The Hall–Kier alpha value is -4.44. The average Bonchev–Trinajstić information content (AvgIpc) is 3.58. The number of hydrogen-bond acceptors (Lipinski definition) is 2. The van der Waals surface area contributed by atoms with Gasteiger partial charge in [-0.3, -0.25) is 0 Å². The summed E-state index contributed by atoms with van der Waals surface area (Å²) in [6.45, 7) is 0. The van der Waals surface area contributed by atoms with Gasteiger partial charge in [0.25, 0.3) is 0 Å². The third-order valence-corrected chi connectivity index (χ3v) is 5.77. The monoisotopic (exact) mass is 411 g/mol. The van der Waals surface area contributed by atoms with Crippen molar-refractivity contribution in [2.24, 2.45) is 0 Å². The summed E-state index contributed by atoms with van der Waals surface area (Å²) < 4.78 is 4.08. The van der Waals surface area contributed by atoms with E-state index in [-0.39, 0.29) is 0 Å². The maximum absolute atomic E-state index is 4.24. The SMILES string of the molecule is [c]1cc(-c2ccccc2-n2ccnc2)c2c(-c3cccc(-n4ccnc4)c3)cccc2c1. The van der Waals surface area contributed by atoms with Gasteiger partial charge in [0, 0.05) is 36.0 Å². The Labute approximate surface area is 186 Å². The molecule has 0 spiro atoms. The minimum Gasteiger partial charge on any atom is -0.306 e. The molecule has 32 heavy (non-hydrogen) atoms. The molecular formula is C28H19N4. The third kappa shape index (κ3) is 3.10. The highest BCUT2D eigenvalue weighted by atomic mass is 15.0. The molecule has 0 aliphatic heterocycles. The Morgan fingerprint density at radius 1 is 0.656 bits per heavy atom. The molecule has 4 heteroatoms. The van der Waals surface area contributed by atoms with E-state index in [4.69, 9.17) is 0 Å². The molecule has 0 atom stereocenters. The first-order chi connectivity index (χ1) is 15.9. The molecule has 4 aromatic carbocycles. The predicted octanol–water partition coefficient (Wildman–Crippen LogP) is 6.35. The number of aromatic nitrogens is 4. The average molecular weight is 411 g/mol. The second-order valence-electron chi connectivity index (χ2n) is 7.65. The second kappa shape index (κ2) is 7.67. The van der Waals surface area contributed by atoms with E-state index in [1.54, 1.807) is 12.4 Å². The van der Waals surface area contributed by atoms with Crippen LogP contribution in [0.3, 0.4) is 0 Å². The van der Waals surface area contributed by atoms with Crippen molar-refractivity contribution in [3.63, 3.8) is 0 Å². The molecule has 0 unspecified atom stereocenters. The number of imidazole rings is 2. The molecule has 0 aliphatic rings. The zero-order chi connectivity index (χ0) is 21.3. The van der Waals surface area contributed by atoms with E-state index in [9.17, 15) is 0 Å². The van der Waals surface area contributed by atoms with Crippen LogP contribution in [0.1, 0.15) is 0 Å². The van der Waals surface area contributed by atoms with Gasteiger partial charge in [-0.25, -0.2) is 9.97 Å². The lowest BCUT2D eigenvalue weighted by molar-refractivity contribution is 1.06. The first kappa shape index (κ1) is 18.3. The molecule has 0 amide bonds. The molecule has 4 nitrogen and oxygen atoms in total. The molecule has 0 bridgehead atoms. The van der Waals surface area contributed by atoms with E-state index in [0.29, 0.717) is 0 Å². The van der Waals surface area contributed by atoms with Crippen molar-refractivity contribution >= 4 is 10.8 Å². The van der Waals surface area contributed by atoms with Crippen molar-refractivity contribution < 1.29 is 0 Å². The Kier molecular flexibility index (Phi) is 4.40. The fraction of sp³-hybridized carbons (Fsp3) is 0. The Morgan fingerprint density at radius 3 is 2.28 bits per heavy atom. The zero-order valence-corrected chi connectivity index (χ0v) is 17.3. The maximum atomic E-state index is 4.24. The number of rotatable bonds is 4. The van der Waals surface area contributed by atoms with Crippen LogP contribution in [0, 0.1) is 6.07 Å². The molecule has 2 heterocycles. The number of benzene rings is 4. The number of fused-ring (bicyclic) bond motifs is 1. The molecular weight excluding hydrogens is 392 g/mol. The molecule has 6 aromatic rings. The Bertz CT molecular complexity index is 1510. The van der Waals surface area contributed by atoms with E-state index in [0.717, 1.165) is 33.5 Å². The normalized spacial score (nSPS) is 11.1. The van der Waals surface area contributed by atoms with Crippen LogP contribution in [-0.4, -0.2) is 19.1 Å². The largest absolute Gasteiger partial charge is 0.306 e. The van der Waals surface area contributed by atoms with Crippen LogP contribution < -0.4 is 0 Å². The van der Waals surface area contributed by atoms with Crippen LogP contribution in [0.2, 0.25) is 0 Å². The highest BCUT2D eigenvalue weighted by Gasteiger charge is 2.14. The number of hydrogen-bond donors (Lipinski definition) is 0. The van der Waals surface area contributed by atoms with E-state index < -0.39 is 0 Å². The summed E-state index contributed by atoms with van der Waals surface area (Å²) in [7, 11) is 0. The quantitative estimate of drug-likeness (QED) is 0.339.